The highest BCUT2D eigenvalue weighted by Gasteiger charge is 2.21. The van der Waals surface area contributed by atoms with Crippen molar-refractivity contribution >= 4 is 29.5 Å². The minimum atomic E-state index is -1.11. The molecule has 0 spiro atoms. The molecule has 0 amide bonds. The zero-order chi connectivity index (χ0) is 17.3. The van der Waals surface area contributed by atoms with Crippen LogP contribution in [0.3, 0.4) is 0 Å². The van der Waals surface area contributed by atoms with Gasteiger partial charge in [0.2, 0.25) is 0 Å². The summed E-state index contributed by atoms with van der Waals surface area (Å²) < 4.78 is 1.76. The molecule has 7 nitrogen and oxygen atoms in total. The van der Waals surface area contributed by atoms with Gasteiger partial charge in [-0.15, -0.1) is 0 Å². The van der Waals surface area contributed by atoms with Crippen LogP contribution in [0.2, 0.25) is 5.02 Å². The monoisotopic (exact) mass is 362 g/mol. The number of H-pyrrole nitrogens is 1. The number of halogens is 1. The number of nitrogens with one attached hydrogen (secondary N) is 1. The van der Waals surface area contributed by atoms with E-state index in [0.29, 0.717) is 16.3 Å². The van der Waals surface area contributed by atoms with Crippen LogP contribution in [0, 0.1) is 14.9 Å². The van der Waals surface area contributed by atoms with E-state index in [9.17, 15) is 15.2 Å². The number of hydrogen-bond donors (Lipinski definition) is 2. The molecule has 1 heterocycles. The van der Waals surface area contributed by atoms with Crippen molar-refractivity contribution in [2.45, 2.75) is 6.10 Å². The average Bonchev–Trinajstić information content (AvgIpc) is 2.96. The van der Waals surface area contributed by atoms with E-state index < -0.39 is 11.0 Å². The molecule has 24 heavy (non-hydrogen) atoms. The lowest BCUT2D eigenvalue weighted by Gasteiger charge is -2.14. The predicted octanol–water partition coefficient (Wildman–Crippen LogP) is 3.57. The van der Waals surface area contributed by atoms with Crippen molar-refractivity contribution in [2.75, 3.05) is 0 Å². The standard InChI is InChI=1S/C15H11ClN4O3S/c16-12-4-2-1-3-11(12)13(21)14-17-18-15(24)19(14)9-5-7-10(8-6-9)20(22)23/h1-8,13,21H,(H,18,24). The molecular formula is C15H11ClN4O3S. The Balaban J connectivity index is 2.08. The summed E-state index contributed by atoms with van der Waals surface area (Å²) >= 11 is 11.3. The second-order valence-corrected chi connectivity index (χ2v) is 5.71. The van der Waals surface area contributed by atoms with Gasteiger partial charge in [-0.2, -0.15) is 5.10 Å². The number of hydrogen-bond acceptors (Lipinski definition) is 5. The molecule has 122 valence electrons. The van der Waals surface area contributed by atoms with Crippen molar-refractivity contribution in [1.29, 1.82) is 0 Å². The van der Waals surface area contributed by atoms with E-state index in [-0.39, 0.29) is 16.3 Å². The number of non-ortho nitro benzene ring substituents is 1. The molecule has 0 fully saturated rings. The fourth-order valence-electron chi connectivity index (χ4n) is 2.30. The third-order valence-electron chi connectivity index (χ3n) is 3.46. The van der Waals surface area contributed by atoms with Gasteiger partial charge in [0.15, 0.2) is 10.6 Å². The molecule has 9 heteroatoms. The molecule has 2 N–H and O–H groups in total. The van der Waals surface area contributed by atoms with Crippen LogP contribution in [0.25, 0.3) is 5.69 Å². The van der Waals surface area contributed by atoms with E-state index in [2.05, 4.69) is 10.2 Å². The molecule has 3 rings (SSSR count). The Bertz CT molecular complexity index is 952. The summed E-state index contributed by atoms with van der Waals surface area (Å²) in [6, 6.07) is 12.6. The van der Waals surface area contributed by atoms with Gasteiger partial charge in [0.1, 0.15) is 6.10 Å². The van der Waals surface area contributed by atoms with Gasteiger partial charge in [0.05, 0.1) is 10.6 Å². The highest BCUT2D eigenvalue weighted by atomic mass is 35.5. The van der Waals surface area contributed by atoms with Gasteiger partial charge in [-0.05, 0) is 30.4 Å². The van der Waals surface area contributed by atoms with Crippen LogP contribution in [0.1, 0.15) is 17.5 Å². The van der Waals surface area contributed by atoms with Crippen LogP contribution in [-0.2, 0) is 0 Å². The van der Waals surface area contributed by atoms with Crippen molar-refractivity contribution in [3.8, 4) is 5.69 Å². The second-order valence-electron chi connectivity index (χ2n) is 4.92. The Hall–Kier alpha value is -2.55. The highest BCUT2D eigenvalue weighted by Crippen LogP contribution is 2.28. The topological polar surface area (TPSA) is 97.0 Å². The van der Waals surface area contributed by atoms with Gasteiger partial charge in [-0.3, -0.25) is 19.8 Å². The second kappa shape index (κ2) is 6.52. The van der Waals surface area contributed by atoms with Crippen molar-refractivity contribution in [3.05, 3.63) is 79.8 Å². The SMILES string of the molecule is O=[N+]([O-])c1ccc(-n2c(C(O)c3ccccc3Cl)n[nH]c2=S)cc1. The first-order valence-electron chi connectivity index (χ1n) is 6.83. The number of aromatic amines is 1. The van der Waals surface area contributed by atoms with Crippen LogP contribution in [0.4, 0.5) is 5.69 Å². The zero-order valence-electron chi connectivity index (χ0n) is 12.1. The minimum Gasteiger partial charge on any atom is -0.380 e. The number of benzene rings is 2. The fraction of sp³-hybridized carbons (Fsp3) is 0.0667. The number of aliphatic hydroxyl groups is 1. The van der Waals surface area contributed by atoms with Crippen molar-refractivity contribution in [2.24, 2.45) is 0 Å². The van der Waals surface area contributed by atoms with E-state index in [1.807, 2.05) is 0 Å². The van der Waals surface area contributed by atoms with Gasteiger partial charge in [-0.25, -0.2) is 0 Å². The van der Waals surface area contributed by atoms with E-state index >= 15 is 0 Å². The largest absolute Gasteiger partial charge is 0.380 e. The molecule has 0 aliphatic heterocycles. The summed E-state index contributed by atoms with van der Waals surface area (Å²) in [6.07, 6.45) is -1.11. The lowest BCUT2D eigenvalue weighted by molar-refractivity contribution is -0.384. The number of aromatic nitrogens is 3. The first kappa shape index (κ1) is 16.3. The van der Waals surface area contributed by atoms with Crippen LogP contribution in [0.15, 0.2) is 48.5 Å². The van der Waals surface area contributed by atoms with Crippen molar-refractivity contribution in [3.63, 3.8) is 0 Å². The molecule has 2 aromatic carbocycles. The molecule has 0 bridgehead atoms. The molecule has 0 aliphatic rings. The predicted molar refractivity (Wildman–Crippen MR) is 90.9 cm³/mol. The first-order chi connectivity index (χ1) is 11.5. The quantitative estimate of drug-likeness (QED) is 0.420. The van der Waals surface area contributed by atoms with Gasteiger partial charge in [0, 0.05) is 22.7 Å². The van der Waals surface area contributed by atoms with E-state index in [4.69, 9.17) is 23.8 Å². The summed E-state index contributed by atoms with van der Waals surface area (Å²) in [6.45, 7) is 0. The molecule has 1 unspecified atom stereocenters. The molecule has 1 aromatic heterocycles. The highest BCUT2D eigenvalue weighted by molar-refractivity contribution is 7.71. The van der Waals surface area contributed by atoms with Crippen molar-refractivity contribution in [1.82, 2.24) is 14.8 Å². The maximum absolute atomic E-state index is 10.8. The zero-order valence-corrected chi connectivity index (χ0v) is 13.7. The first-order valence-corrected chi connectivity index (χ1v) is 7.62. The Morgan fingerprint density at radius 2 is 1.92 bits per heavy atom. The summed E-state index contributed by atoms with van der Waals surface area (Å²) in [5.41, 5.74) is 0.985. The number of rotatable bonds is 4. The normalized spacial score (nSPS) is 12.1. The minimum absolute atomic E-state index is 0.0398. The maximum Gasteiger partial charge on any atom is 0.269 e. The average molecular weight is 363 g/mol. The number of aliphatic hydroxyl groups excluding tert-OH is 1. The Labute approximate surface area is 146 Å². The lowest BCUT2D eigenvalue weighted by atomic mass is 10.1. The maximum atomic E-state index is 10.8. The summed E-state index contributed by atoms with van der Waals surface area (Å²) in [4.78, 5) is 10.3. The lowest BCUT2D eigenvalue weighted by Crippen LogP contribution is -2.09. The van der Waals surface area contributed by atoms with Gasteiger partial charge >= 0.3 is 0 Å². The van der Waals surface area contributed by atoms with Crippen LogP contribution in [0.5, 0.6) is 0 Å². The molecule has 0 saturated heterocycles. The number of nitro groups is 1. The molecule has 1 atom stereocenters. The Morgan fingerprint density at radius 1 is 1.25 bits per heavy atom. The van der Waals surface area contributed by atoms with Gasteiger partial charge in [-0.1, -0.05) is 29.8 Å². The molecule has 3 aromatic rings. The third kappa shape index (κ3) is 2.94. The summed E-state index contributed by atoms with van der Waals surface area (Å²) in [5.74, 6) is 0.238. The van der Waals surface area contributed by atoms with Crippen LogP contribution < -0.4 is 0 Å². The van der Waals surface area contributed by atoms with Gasteiger partial charge < -0.3 is 5.11 Å². The third-order valence-corrected chi connectivity index (χ3v) is 4.08. The van der Waals surface area contributed by atoms with Crippen molar-refractivity contribution < 1.29 is 10.0 Å². The number of nitro benzene ring substituents is 1. The molecule has 0 radical (unpaired) electrons. The molecular weight excluding hydrogens is 352 g/mol. The van der Waals surface area contributed by atoms with Gasteiger partial charge in [0.25, 0.3) is 5.69 Å². The smallest absolute Gasteiger partial charge is 0.269 e. The Kier molecular flexibility index (Phi) is 4.43. The number of nitrogens with zero attached hydrogens (tertiary/aromatic N) is 3. The van der Waals surface area contributed by atoms with E-state index in [1.54, 1.807) is 24.3 Å². The van der Waals surface area contributed by atoms with E-state index in [1.165, 1.54) is 28.8 Å². The summed E-state index contributed by atoms with van der Waals surface area (Å²) in [7, 11) is 0. The van der Waals surface area contributed by atoms with Crippen LogP contribution >= 0.6 is 23.8 Å². The van der Waals surface area contributed by atoms with Crippen LogP contribution in [-0.4, -0.2) is 24.8 Å². The fourth-order valence-corrected chi connectivity index (χ4v) is 2.79. The van der Waals surface area contributed by atoms with E-state index in [0.717, 1.165) is 0 Å². The molecule has 0 saturated carbocycles. The Morgan fingerprint density at radius 3 is 2.54 bits per heavy atom. The summed E-state index contributed by atoms with van der Waals surface area (Å²) in [5, 5.41) is 28.5. The molecule has 0 aliphatic carbocycles.